The summed E-state index contributed by atoms with van der Waals surface area (Å²) in [6.45, 7) is 8.44. The quantitative estimate of drug-likeness (QED) is 0.729. The Bertz CT molecular complexity index is 704. The third-order valence-corrected chi connectivity index (χ3v) is 6.40. The molecule has 3 heterocycles. The third-order valence-electron chi connectivity index (χ3n) is 6.40. The Kier molecular flexibility index (Phi) is 7.36. The second-order valence-electron chi connectivity index (χ2n) is 8.68. The highest BCUT2D eigenvalue weighted by atomic mass is 16.5. The maximum atomic E-state index is 12.4. The minimum Gasteiger partial charge on any atom is -0.377 e. The summed E-state index contributed by atoms with van der Waals surface area (Å²) < 4.78 is 5.73. The number of rotatable bonds is 7. The molecule has 0 saturated carbocycles. The average molecular weight is 415 g/mol. The van der Waals surface area contributed by atoms with E-state index in [4.69, 9.17) is 4.74 Å². The van der Waals surface area contributed by atoms with Gasteiger partial charge in [-0.3, -0.25) is 19.4 Å². The van der Waals surface area contributed by atoms with Crippen LogP contribution in [0.4, 0.5) is 0 Å². The molecule has 1 aromatic rings. The molecule has 1 N–H and O–H groups in total. The zero-order chi connectivity index (χ0) is 20.8. The molecule has 7 heteroatoms. The molecule has 3 aliphatic rings. The average Bonchev–Trinajstić information content (AvgIpc) is 3.48. The molecule has 1 atom stereocenters. The van der Waals surface area contributed by atoms with Gasteiger partial charge in [0.15, 0.2) is 0 Å². The standard InChI is InChI=1S/C23H34N4O3/c28-22(18-26-13-11-25(12-14-26)17-21-4-3-15-30-21)24-16-19-5-7-20(8-6-19)23(29)27-9-1-2-10-27/h5-8,21H,1-4,9-18H2,(H,24,28). The molecule has 7 nitrogen and oxygen atoms in total. The largest absolute Gasteiger partial charge is 0.377 e. The lowest BCUT2D eigenvalue weighted by molar-refractivity contribution is -0.122. The van der Waals surface area contributed by atoms with Crippen molar-refractivity contribution >= 4 is 11.8 Å². The maximum absolute atomic E-state index is 12.4. The summed E-state index contributed by atoms with van der Waals surface area (Å²) in [5.41, 5.74) is 1.75. The number of carbonyl (C=O) groups is 2. The Balaban J connectivity index is 1.15. The molecule has 0 aromatic heterocycles. The Morgan fingerprint density at radius 3 is 2.30 bits per heavy atom. The Morgan fingerprint density at radius 2 is 1.63 bits per heavy atom. The second-order valence-corrected chi connectivity index (χ2v) is 8.68. The SMILES string of the molecule is O=C(CN1CCN(CC2CCCO2)CC1)NCc1ccc(C(=O)N2CCCC2)cc1. The molecule has 3 aliphatic heterocycles. The van der Waals surface area contributed by atoms with Crippen LogP contribution in [-0.2, 0) is 16.1 Å². The first-order valence-corrected chi connectivity index (χ1v) is 11.4. The number of nitrogens with one attached hydrogen (secondary N) is 1. The molecule has 1 aromatic carbocycles. The van der Waals surface area contributed by atoms with E-state index in [1.165, 1.54) is 12.8 Å². The van der Waals surface area contributed by atoms with Crippen molar-refractivity contribution in [2.45, 2.75) is 38.3 Å². The number of benzene rings is 1. The van der Waals surface area contributed by atoms with Gasteiger partial charge in [0.05, 0.1) is 12.6 Å². The van der Waals surface area contributed by atoms with E-state index in [-0.39, 0.29) is 11.8 Å². The number of nitrogens with zero attached hydrogens (tertiary/aromatic N) is 3. The van der Waals surface area contributed by atoms with Gasteiger partial charge in [-0.05, 0) is 43.4 Å². The van der Waals surface area contributed by atoms with E-state index in [0.717, 1.165) is 76.4 Å². The van der Waals surface area contributed by atoms with Gasteiger partial charge in [0.1, 0.15) is 0 Å². The number of piperazine rings is 1. The molecular weight excluding hydrogens is 380 g/mol. The van der Waals surface area contributed by atoms with Crippen molar-refractivity contribution in [3.63, 3.8) is 0 Å². The van der Waals surface area contributed by atoms with Crippen LogP contribution in [0.15, 0.2) is 24.3 Å². The molecule has 0 aliphatic carbocycles. The molecule has 30 heavy (non-hydrogen) atoms. The Morgan fingerprint density at radius 1 is 0.933 bits per heavy atom. The summed E-state index contributed by atoms with van der Waals surface area (Å²) in [5, 5.41) is 3.01. The van der Waals surface area contributed by atoms with Gasteiger partial charge in [-0.1, -0.05) is 12.1 Å². The number of hydrogen-bond acceptors (Lipinski definition) is 5. The van der Waals surface area contributed by atoms with E-state index in [2.05, 4.69) is 15.1 Å². The Labute approximate surface area is 179 Å². The van der Waals surface area contributed by atoms with Crippen molar-refractivity contribution in [2.24, 2.45) is 0 Å². The number of amides is 2. The van der Waals surface area contributed by atoms with E-state index in [1.807, 2.05) is 29.2 Å². The predicted molar refractivity (Wildman–Crippen MR) is 115 cm³/mol. The fourth-order valence-corrected chi connectivity index (χ4v) is 4.53. The summed E-state index contributed by atoms with van der Waals surface area (Å²) in [4.78, 5) is 31.3. The topological polar surface area (TPSA) is 65.1 Å². The second kappa shape index (κ2) is 10.4. The van der Waals surface area contributed by atoms with Gasteiger partial charge in [0, 0.05) is 64.5 Å². The van der Waals surface area contributed by atoms with Crippen molar-refractivity contribution in [2.75, 3.05) is 59.0 Å². The Hall–Kier alpha value is -1.96. The first-order chi connectivity index (χ1) is 14.7. The zero-order valence-electron chi connectivity index (χ0n) is 17.9. The van der Waals surface area contributed by atoms with Gasteiger partial charge in [-0.25, -0.2) is 0 Å². The third kappa shape index (κ3) is 5.80. The van der Waals surface area contributed by atoms with Crippen LogP contribution in [0.25, 0.3) is 0 Å². The maximum Gasteiger partial charge on any atom is 0.253 e. The summed E-state index contributed by atoms with van der Waals surface area (Å²) >= 11 is 0. The highest BCUT2D eigenvalue weighted by molar-refractivity contribution is 5.94. The number of likely N-dealkylation sites (tertiary alicyclic amines) is 1. The van der Waals surface area contributed by atoms with Crippen LogP contribution in [0, 0.1) is 0 Å². The van der Waals surface area contributed by atoms with Crippen LogP contribution in [0.2, 0.25) is 0 Å². The van der Waals surface area contributed by atoms with E-state index >= 15 is 0 Å². The van der Waals surface area contributed by atoms with E-state index in [1.54, 1.807) is 0 Å². The fraction of sp³-hybridized carbons (Fsp3) is 0.652. The van der Waals surface area contributed by atoms with Crippen molar-refractivity contribution in [3.05, 3.63) is 35.4 Å². The van der Waals surface area contributed by atoms with Gasteiger partial charge < -0.3 is 15.0 Å². The summed E-state index contributed by atoms with van der Waals surface area (Å²) in [7, 11) is 0. The normalized spacial score (nSPS) is 23.1. The van der Waals surface area contributed by atoms with E-state index < -0.39 is 0 Å². The highest BCUT2D eigenvalue weighted by Gasteiger charge is 2.23. The molecule has 3 saturated heterocycles. The minimum absolute atomic E-state index is 0.0554. The van der Waals surface area contributed by atoms with Crippen LogP contribution in [0.3, 0.4) is 0 Å². The summed E-state index contributed by atoms with van der Waals surface area (Å²) in [5.74, 6) is 0.168. The molecule has 164 valence electrons. The summed E-state index contributed by atoms with van der Waals surface area (Å²) in [6, 6.07) is 7.62. The molecule has 1 unspecified atom stereocenters. The number of carbonyl (C=O) groups excluding carboxylic acids is 2. The van der Waals surface area contributed by atoms with Crippen LogP contribution in [-0.4, -0.2) is 91.6 Å². The lowest BCUT2D eigenvalue weighted by atomic mass is 10.1. The van der Waals surface area contributed by atoms with E-state index in [9.17, 15) is 9.59 Å². The van der Waals surface area contributed by atoms with Crippen LogP contribution < -0.4 is 5.32 Å². The van der Waals surface area contributed by atoms with Gasteiger partial charge in [0.2, 0.25) is 5.91 Å². The fourth-order valence-electron chi connectivity index (χ4n) is 4.53. The molecule has 2 amide bonds. The van der Waals surface area contributed by atoms with Crippen molar-refractivity contribution in [3.8, 4) is 0 Å². The number of ether oxygens (including phenoxy) is 1. The molecule has 4 rings (SSSR count). The van der Waals surface area contributed by atoms with Gasteiger partial charge in [0.25, 0.3) is 5.91 Å². The first-order valence-electron chi connectivity index (χ1n) is 11.4. The van der Waals surface area contributed by atoms with Crippen LogP contribution in [0.1, 0.15) is 41.6 Å². The monoisotopic (exact) mass is 414 g/mol. The minimum atomic E-state index is 0.0554. The molecule has 0 bridgehead atoms. The van der Waals surface area contributed by atoms with Crippen LogP contribution in [0.5, 0.6) is 0 Å². The van der Waals surface area contributed by atoms with Gasteiger partial charge >= 0.3 is 0 Å². The summed E-state index contributed by atoms with van der Waals surface area (Å²) in [6.07, 6.45) is 4.95. The van der Waals surface area contributed by atoms with E-state index in [0.29, 0.717) is 19.2 Å². The molecule has 3 fully saturated rings. The van der Waals surface area contributed by atoms with Crippen molar-refractivity contribution < 1.29 is 14.3 Å². The van der Waals surface area contributed by atoms with Gasteiger partial charge in [-0.2, -0.15) is 0 Å². The smallest absolute Gasteiger partial charge is 0.253 e. The van der Waals surface area contributed by atoms with Gasteiger partial charge in [-0.15, -0.1) is 0 Å². The number of hydrogen-bond donors (Lipinski definition) is 1. The highest BCUT2D eigenvalue weighted by Crippen LogP contribution is 2.15. The lowest BCUT2D eigenvalue weighted by Gasteiger charge is -2.35. The zero-order valence-corrected chi connectivity index (χ0v) is 17.9. The molecule has 0 radical (unpaired) electrons. The van der Waals surface area contributed by atoms with Crippen molar-refractivity contribution in [1.29, 1.82) is 0 Å². The molecular formula is C23H34N4O3. The predicted octanol–water partition coefficient (Wildman–Crippen LogP) is 1.34. The van der Waals surface area contributed by atoms with Crippen molar-refractivity contribution in [1.82, 2.24) is 20.0 Å². The lowest BCUT2D eigenvalue weighted by Crippen LogP contribution is -2.50. The van der Waals surface area contributed by atoms with Crippen LogP contribution >= 0.6 is 0 Å². The molecule has 0 spiro atoms. The first kappa shape index (κ1) is 21.3.